The summed E-state index contributed by atoms with van der Waals surface area (Å²) in [7, 11) is 0. The SMILES string of the molecule is CC(C)CNCc1ccc(OCC(O)C(F)(F)F)c(F)c1. The number of hydrogen-bond donors (Lipinski definition) is 2. The summed E-state index contributed by atoms with van der Waals surface area (Å²) in [5.41, 5.74) is 0.664. The number of nitrogens with one attached hydrogen (secondary N) is 1. The van der Waals surface area contributed by atoms with Crippen molar-refractivity contribution in [2.24, 2.45) is 5.92 Å². The topological polar surface area (TPSA) is 41.5 Å². The fraction of sp³-hybridized carbons (Fsp3) is 0.571. The van der Waals surface area contributed by atoms with Crippen LogP contribution in [0.25, 0.3) is 0 Å². The summed E-state index contributed by atoms with van der Waals surface area (Å²) < 4.78 is 54.6. The van der Waals surface area contributed by atoms with Gasteiger partial charge < -0.3 is 15.2 Å². The fourth-order valence-corrected chi connectivity index (χ4v) is 1.54. The summed E-state index contributed by atoms with van der Waals surface area (Å²) >= 11 is 0. The molecule has 0 aliphatic carbocycles. The van der Waals surface area contributed by atoms with Crippen LogP contribution in [0, 0.1) is 11.7 Å². The molecule has 2 N–H and O–H groups in total. The van der Waals surface area contributed by atoms with Crippen LogP contribution in [0.4, 0.5) is 17.6 Å². The first kappa shape index (κ1) is 17.7. The van der Waals surface area contributed by atoms with Gasteiger partial charge in [-0.1, -0.05) is 19.9 Å². The van der Waals surface area contributed by atoms with Crippen LogP contribution in [0.15, 0.2) is 18.2 Å². The Kier molecular flexibility index (Phi) is 6.42. The van der Waals surface area contributed by atoms with E-state index in [1.165, 1.54) is 12.1 Å². The number of aliphatic hydroxyl groups excluding tert-OH is 1. The van der Waals surface area contributed by atoms with E-state index in [4.69, 9.17) is 5.11 Å². The van der Waals surface area contributed by atoms with Crippen LogP contribution in [-0.4, -0.2) is 30.5 Å². The highest BCUT2D eigenvalue weighted by Gasteiger charge is 2.38. The third kappa shape index (κ3) is 6.31. The van der Waals surface area contributed by atoms with Crippen LogP contribution in [0.3, 0.4) is 0 Å². The molecule has 0 aliphatic heterocycles. The summed E-state index contributed by atoms with van der Waals surface area (Å²) in [6.07, 6.45) is -7.42. The number of alkyl halides is 3. The van der Waals surface area contributed by atoms with Crippen LogP contribution in [0.5, 0.6) is 5.75 Å². The van der Waals surface area contributed by atoms with Crippen molar-refractivity contribution in [3.63, 3.8) is 0 Å². The Morgan fingerprint density at radius 2 is 1.95 bits per heavy atom. The van der Waals surface area contributed by atoms with Crippen molar-refractivity contribution >= 4 is 0 Å². The second kappa shape index (κ2) is 7.61. The zero-order valence-electron chi connectivity index (χ0n) is 11.9. The molecule has 0 fully saturated rings. The molecule has 0 spiro atoms. The first-order chi connectivity index (χ1) is 9.70. The summed E-state index contributed by atoms with van der Waals surface area (Å²) in [5, 5.41) is 11.9. The molecule has 3 nitrogen and oxygen atoms in total. The molecule has 0 aromatic heterocycles. The van der Waals surface area contributed by atoms with Crippen molar-refractivity contribution in [1.29, 1.82) is 0 Å². The number of aliphatic hydroxyl groups is 1. The molecule has 0 radical (unpaired) electrons. The lowest BCUT2D eigenvalue weighted by molar-refractivity contribution is -0.210. The molecule has 1 aromatic rings. The zero-order chi connectivity index (χ0) is 16.0. The highest BCUT2D eigenvalue weighted by Crippen LogP contribution is 2.23. The minimum absolute atomic E-state index is 0.314. The summed E-state index contributed by atoms with van der Waals surface area (Å²) in [6.45, 7) is 4.27. The summed E-state index contributed by atoms with van der Waals surface area (Å²) in [4.78, 5) is 0. The quantitative estimate of drug-likeness (QED) is 0.761. The van der Waals surface area contributed by atoms with E-state index < -0.39 is 24.7 Å². The first-order valence-corrected chi connectivity index (χ1v) is 6.57. The predicted octanol–water partition coefficient (Wildman–Crippen LogP) is 2.87. The number of benzene rings is 1. The molecule has 0 bridgehead atoms. The monoisotopic (exact) mass is 309 g/mol. The van der Waals surface area contributed by atoms with Crippen molar-refractivity contribution in [1.82, 2.24) is 5.32 Å². The molecule has 0 saturated carbocycles. The van der Waals surface area contributed by atoms with Gasteiger partial charge in [-0.25, -0.2) is 4.39 Å². The molecular weight excluding hydrogens is 290 g/mol. The van der Waals surface area contributed by atoms with Gasteiger partial charge in [-0.3, -0.25) is 0 Å². The Labute approximate surface area is 120 Å². The van der Waals surface area contributed by atoms with Gasteiger partial charge in [0.15, 0.2) is 17.7 Å². The number of halogens is 4. The minimum Gasteiger partial charge on any atom is -0.487 e. The van der Waals surface area contributed by atoms with Crippen molar-refractivity contribution in [3.8, 4) is 5.75 Å². The van der Waals surface area contributed by atoms with Gasteiger partial charge in [-0.05, 0) is 30.2 Å². The van der Waals surface area contributed by atoms with Gasteiger partial charge in [-0.15, -0.1) is 0 Å². The molecule has 1 atom stereocenters. The highest BCUT2D eigenvalue weighted by molar-refractivity contribution is 5.29. The Morgan fingerprint density at radius 1 is 1.29 bits per heavy atom. The van der Waals surface area contributed by atoms with Crippen molar-refractivity contribution in [3.05, 3.63) is 29.6 Å². The van der Waals surface area contributed by atoms with E-state index in [2.05, 4.69) is 10.1 Å². The fourth-order valence-electron chi connectivity index (χ4n) is 1.54. The maximum Gasteiger partial charge on any atom is 0.417 e. The molecule has 0 amide bonds. The lowest BCUT2D eigenvalue weighted by Gasteiger charge is -2.16. The Hall–Kier alpha value is -1.34. The normalized spacial score (nSPS) is 13.5. The smallest absolute Gasteiger partial charge is 0.417 e. The van der Waals surface area contributed by atoms with Gasteiger partial charge in [-0.2, -0.15) is 13.2 Å². The van der Waals surface area contributed by atoms with E-state index in [0.717, 1.165) is 6.54 Å². The molecule has 0 saturated heterocycles. The van der Waals surface area contributed by atoms with Crippen molar-refractivity contribution in [2.45, 2.75) is 32.7 Å². The van der Waals surface area contributed by atoms with Gasteiger partial charge in [0.05, 0.1) is 0 Å². The van der Waals surface area contributed by atoms with Gasteiger partial charge in [0.2, 0.25) is 0 Å². The molecular formula is C14H19F4NO2. The second-order valence-electron chi connectivity index (χ2n) is 5.16. The molecule has 0 aliphatic rings. The molecule has 120 valence electrons. The number of rotatable bonds is 7. The number of hydrogen-bond acceptors (Lipinski definition) is 3. The van der Waals surface area contributed by atoms with Gasteiger partial charge in [0, 0.05) is 6.54 Å². The van der Waals surface area contributed by atoms with Gasteiger partial charge in [0.1, 0.15) is 6.61 Å². The van der Waals surface area contributed by atoms with E-state index in [0.29, 0.717) is 18.0 Å². The Balaban J connectivity index is 2.54. The van der Waals surface area contributed by atoms with Crippen LogP contribution >= 0.6 is 0 Å². The van der Waals surface area contributed by atoms with Crippen LogP contribution in [-0.2, 0) is 6.54 Å². The zero-order valence-corrected chi connectivity index (χ0v) is 11.9. The maximum absolute atomic E-state index is 13.7. The third-order valence-electron chi connectivity index (χ3n) is 2.65. The standard InChI is InChI=1S/C14H19F4NO2/c1-9(2)6-19-7-10-3-4-12(11(15)5-10)21-8-13(20)14(16,17)18/h3-5,9,13,19-20H,6-8H2,1-2H3. The van der Waals surface area contributed by atoms with E-state index in [9.17, 15) is 17.6 Å². The molecule has 1 aromatic carbocycles. The molecule has 0 heterocycles. The van der Waals surface area contributed by atoms with Gasteiger partial charge in [0.25, 0.3) is 0 Å². The van der Waals surface area contributed by atoms with E-state index in [-0.39, 0.29) is 5.75 Å². The minimum atomic E-state index is -4.78. The van der Waals surface area contributed by atoms with E-state index >= 15 is 0 Å². The third-order valence-corrected chi connectivity index (χ3v) is 2.65. The molecule has 1 rings (SSSR count). The lowest BCUT2D eigenvalue weighted by Crippen LogP contribution is -2.34. The van der Waals surface area contributed by atoms with Crippen molar-refractivity contribution < 1.29 is 27.4 Å². The molecule has 7 heteroatoms. The Bertz CT molecular complexity index is 449. The highest BCUT2D eigenvalue weighted by atomic mass is 19.4. The van der Waals surface area contributed by atoms with Crippen LogP contribution < -0.4 is 10.1 Å². The van der Waals surface area contributed by atoms with Crippen LogP contribution in [0.2, 0.25) is 0 Å². The number of ether oxygens (including phenoxy) is 1. The average Bonchev–Trinajstić information content (AvgIpc) is 2.35. The van der Waals surface area contributed by atoms with E-state index in [1.807, 2.05) is 13.8 Å². The lowest BCUT2D eigenvalue weighted by atomic mass is 10.2. The second-order valence-corrected chi connectivity index (χ2v) is 5.16. The molecule has 1 unspecified atom stereocenters. The predicted molar refractivity (Wildman–Crippen MR) is 70.5 cm³/mol. The van der Waals surface area contributed by atoms with E-state index in [1.54, 1.807) is 6.07 Å². The van der Waals surface area contributed by atoms with Crippen molar-refractivity contribution in [2.75, 3.05) is 13.2 Å². The largest absolute Gasteiger partial charge is 0.487 e. The molecule has 21 heavy (non-hydrogen) atoms. The Morgan fingerprint density at radius 3 is 2.48 bits per heavy atom. The summed E-state index contributed by atoms with van der Waals surface area (Å²) in [5.74, 6) is -0.611. The van der Waals surface area contributed by atoms with Gasteiger partial charge >= 0.3 is 6.18 Å². The first-order valence-electron chi connectivity index (χ1n) is 6.57. The van der Waals surface area contributed by atoms with Crippen LogP contribution in [0.1, 0.15) is 19.4 Å². The average molecular weight is 309 g/mol. The maximum atomic E-state index is 13.7. The summed E-state index contributed by atoms with van der Waals surface area (Å²) in [6, 6.07) is 4.01.